The fraction of sp³-hybridized carbons (Fsp3) is 0.368. The van der Waals surface area contributed by atoms with Crippen molar-refractivity contribution in [3.8, 4) is 17.6 Å². The number of allylic oxidation sites excluding steroid dienone is 2. The van der Waals surface area contributed by atoms with Crippen molar-refractivity contribution in [1.29, 1.82) is 5.26 Å². The smallest absolute Gasteiger partial charge is 0.338 e. The lowest BCUT2D eigenvalue weighted by Gasteiger charge is -2.28. The van der Waals surface area contributed by atoms with Crippen molar-refractivity contribution in [2.45, 2.75) is 26.7 Å². The van der Waals surface area contributed by atoms with Crippen molar-refractivity contribution in [1.82, 2.24) is 0 Å². The minimum absolute atomic E-state index is 0.0430. The van der Waals surface area contributed by atoms with Gasteiger partial charge < -0.3 is 24.7 Å². The van der Waals surface area contributed by atoms with Crippen molar-refractivity contribution in [3.63, 3.8) is 0 Å². The topological polar surface area (TPSA) is 104 Å². The summed E-state index contributed by atoms with van der Waals surface area (Å²) in [6, 6.07) is 5.55. The molecular weight excluding hydrogens is 336 g/mol. The maximum Gasteiger partial charge on any atom is 0.338 e. The highest BCUT2D eigenvalue weighted by Crippen LogP contribution is 2.45. The summed E-state index contributed by atoms with van der Waals surface area (Å²) in [5.74, 6) is 0.0649. The molecule has 0 radical (unpaired) electrons. The predicted octanol–water partition coefficient (Wildman–Crippen LogP) is 2.66. The van der Waals surface area contributed by atoms with Gasteiger partial charge in [0.2, 0.25) is 5.88 Å². The zero-order valence-electron chi connectivity index (χ0n) is 15.5. The molecule has 0 saturated heterocycles. The van der Waals surface area contributed by atoms with Crippen molar-refractivity contribution in [3.05, 3.63) is 46.0 Å². The van der Waals surface area contributed by atoms with Gasteiger partial charge in [0.15, 0.2) is 0 Å². The summed E-state index contributed by atoms with van der Waals surface area (Å²) >= 11 is 0. The molecule has 7 heteroatoms. The van der Waals surface area contributed by atoms with Crippen LogP contribution in [-0.4, -0.2) is 26.8 Å². The zero-order chi connectivity index (χ0) is 19.4. The van der Waals surface area contributed by atoms with Crippen LogP contribution in [0.3, 0.4) is 0 Å². The number of nitrogens with two attached hydrogens (primary N) is 1. The summed E-state index contributed by atoms with van der Waals surface area (Å²) in [6.45, 7) is 5.35. The van der Waals surface area contributed by atoms with Crippen molar-refractivity contribution < 1.29 is 23.7 Å². The normalized spacial score (nSPS) is 16.7. The largest absolute Gasteiger partial charge is 0.496 e. The van der Waals surface area contributed by atoms with Crippen LogP contribution < -0.4 is 15.2 Å². The number of carbonyl (C=O) groups excluding carboxylic acids is 1. The van der Waals surface area contributed by atoms with E-state index in [0.29, 0.717) is 22.8 Å². The molecule has 0 unspecified atom stereocenters. The number of benzene rings is 1. The van der Waals surface area contributed by atoms with Crippen LogP contribution in [0.15, 0.2) is 34.9 Å². The average Bonchev–Trinajstić information content (AvgIpc) is 2.60. The van der Waals surface area contributed by atoms with Gasteiger partial charge in [-0.15, -0.1) is 0 Å². The Bertz CT molecular complexity index is 833. The van der Waals surface area contributed by atoms with Crippen molar-refractivity contribution >= 4 is 5.97 Å². The van der Waals surface area contributed by atoms with E-state index < -0.39 is 11.9 Å². The number of rotatable bonds is 5. The maximum atomic E-state index is 12.6. The maximum absolute atomic E-state index is 12.6. The summed E-state index contributed by atoms with van der Waals surface area (Å²) in [7, 11) is 3.08. The number of esters is 1. The summed E-state index contributed by atoms with van der Waals surface area (Å²) in [5, 5.41) is 9.63. The number of hydrogen-bond acceptors (Lipinski definition) is 7. The number of ether oxygens (including phenoxy) is 4. The highest BCUT2D eigenvalue weighted by atomic mass is 16.5. The van der Waals surface area contributed by atoms with Gasteiger partial charge >= 0.3 is 5.97 Å². The first kappa shape index (κ1) is 19.2. The van der Waals surface area contributed by atoms with E-state index in [0.717, 1.165) is 5.56 Å². The molecule has 138 valence electrons. The van der Waals surface area contributed by atoms with E-state index >= 15 is 0 Å². The van der Waals surface area contributed by atoms with Crippen LogP contribution in [0.5, 0.6) is 11.5 Å². The third kappa shape index (κ3) is 3.18. The first-order valence-electron chi connectivity index (χ1n) is 8.08. The third-order valence-corrected chi connectivity index (χ3v) is 4.22. The van der Waals surface area contributed by atoms with Gasteiger partial charge in [0, 0.05) is 11.1 Å². The van der Waals surface area contributed by atoms with Crippen molar-refractivity contribution in [2.75, 3.05) is 20.8 Å². The fourth-order valence-corrected chi connectivity index (χ4v) is 3.08. The number of hydrogen-bond donors (Lipinski definition) is 1. The Labute approximate surface area is 152 Å². The molecule has 0 aliphatic carbocycles. The predicted molar refractivity (Wildman–Crippen MR) is 94.3 cm³/mol. The zero-order valence-corrected chi connectivity index (χ0v) is 15.5. The second kappa shape index (κ2) is 7.83. The number of carbonyl (C=O) groups is 1. The molecular formula is C19H22N2O5. The first-order valence-corrected chi connectivity index (χ1v) is 8.08. The van der Waals surface area contributed by atoms with Crippen LogP contribution >= 0.6 is 0 Å². The molecule has 1 aromatic rings. The number of methoxy groups -OCH3 is 2. The van der Waals surface area contributed by atoms with Crippen LogP contribution in [0, 0.1) is 18.3 Å². The fourth-order valence-electron chi connectivity index (χ4n) is 3.08. The molecule has 1 aliphatic rings. The van der Waals surface area contributed by atoms with Crippen LogP contribution in [0.4, 0.5) is 0 Å². The SMILES string of the molecule is CCOC(=O)C1=C(C)OC(N)=C(C#N)[C@H]1c1ccc(OC)c(C)c1OC. The van der Waals surface area contributed by atoms with E-state index in [4.69, 9.17) is 24.7 Å². The molecule has 7 nitrogen and oxygen atoms in total. The standard InChI is InChI=1S/C19H22N2O5/c1-6-25-19(22)15-11(3)26-18(21)13(9-20)16(15)12-7-8-14(23-4)10(2)17(12)24-5/h7-8,16H,6,21H2,1-5H3/t16-/m1/s1. The molecule has 26 heavy (non-hydrogen) atoms. The second-order valence-electron chi connectivity index (χ2n) is 5.63. The van der Waals surface area contributed by atoms with Gasteiger partial charge in [-0.3, -0.25) is 0 Å². The number of nitriles is 1. The Morgan fingerprint density at radius 3 is 2.54 bits per heavy atom. The Morgan fingerprint density at radius 2 is 2.00 bits per heavy atom. The monoisotopic (exact) mass is 358 g/mol. The van der Waals surface area contributed by atoms with E-state index in [1.54, 1.807) is 33.1 Å². The summed E-state index contributed by atoms with van der Waals surface area (Å²) < 4.78 is 21.5. The van der Waals surface area contributed by atoms with Gasteiger partial charge in [0.05, 0.1) is 32.3 Å². The molecule has 0 spiro atoms. The van der Waals surface area contributed by atoms with Gasteiger partial charge in [-0.25, -0.2) is 4.79 Å². The van der Waals surface area contributed by atoms with Crippen LogP contribution in [0.1, 0.15) is 30.9 Å². The van der Waals surface area contributed by atoms with E-state index in [1.165, 1.54) is 7.11 Å². The van der Waals surface area contributed by atoms with Gasteiger partial charge in [0.25, 0.3) is 0 Å². The molecule has 1 heterocycles. The minimum Gasteiger partial charge on any atom is -0.496 e. The lowest BCUT2D eigenvalue weighted by atomic mass is 9.82. The molecule has 1 atom stereocenters. The van der Waals surface area contributed by atoms with Crippen LogP contribution in [-0.2, 0) is 14.3 Å². The third-order valence-electron chi connectivity index (χ3n) is 4.22. The number of nitrogens with zero attached hydrogens (tertiary/aromatic N) is 1. The van der Waals surface area contributed by atoms with E-state index in [9.17, 15) is 10.1 Å². The van der Waals surface area contributed by atoms with Gasteiger partial charge in [0.1, 0.15) is 28.9 Å². The minimum atomic E-state index is -0.757. The molecule has 2 rings (SSSR count). The molecule has 1 aliphatic heterocycles. The molecule has 0 bridgehead atoms. The molecule has 0 saturated carbocycles. The Morgan fingerprint density at radius 1 is 1.31 bits per heavy atom. The molecule has 2 N–H and O–H groups in total. The summed E-state index contributed by atoms with van der Waals surface area (Å²) in [5.41, 5.74) is 7.62. The van der Waals surface area contributed by atoms with Crippen LogP contribution in [0.2, 0.25) is 0 Å². The lowest BCUT2D eigenvalue weighted by Crippen LogP contribution is -2.26. The summed E-state index contributed by atoms with van der Waals surface area (Å²) in [6.07, 6.45) is 0. The lowest BCUT2D eigenvalue weighted by molar-refractivity contribution is -0.139. The Hall–Kier alpha value is -3.14. The molecule has 0 fully saturated rings. The average molecular weight is 358 g/mol. The van der Waals surface area contributed by atoms with E-state index in [-0.39, 0.29) is 23.6 Å². The van der Waals surface area contributed by atoms with E-state index in [1.807, 2.05) is 6.92 Å². The second-order valence-corrected chi connectivity index (χ2v) is 5.63. The Balaban J connectivity index is 2.76. The van der Waals surface area contributed by atoms with Gasteiger partial charge in [-0.1, -0.05) is 6.07 Å². The highest BCUT2D eigenvalue weighted by Gasteiger charge is 2.38. The summed E-state index contributed by atoms with van der Waals surface area (Å²) in [4.78, 5) is 12.6. The van der Waals surface area contributed by atoms with Gasteiger partial charge in [-0.2, -0.15) is 5.26 Å². The quantitative estimate of drug-likeness (QED) is 0.807. The van der Waals surface area contributed by atoms with E-state index in [2.05, 4.69) is 6.07 Å². The van der Waals surface area contributed by atoms with Crippen LogP contribution in [0.25, 0.3) is 0 Å². The highest BCUT2D eigenvalue weighted by molar-refractivity contribution is 5.93. The molecule has 1 aromatic carbocycles. The Kier molecular flexibility index (Phi) is 5.78. The van der Waals surface area contributed by atoms with Gasteiger partial charge in [-0.05, 0) is 26.8 Å². The molecule has 0 amide bonds. The molecule has 0 aromatic heterocycles. The first-order chi connectivity index (χ1) is 12.4. The van der Waals surface area contributed by atoms with Crippen molar-refractivity contribution in [2.24, 2.45) is 5.73 Å².